The van der Waals surface area contributed by atoms with Gasteiger partial charge in [0.25, 0.3) is 0 Å². The van der Waals surface area contributed by atoms with E-state index in [1.807, 2.05) is 6.92 Å². The minimum Gasteiger partial charge on any atom is -0.467 e. The average Bonchev–Trinajstić information content (AvgIpc) is 2.25. The van der Waals surface area contributed by atoms with E-state index in [1.165, 1.54) is 19.3 Å². The molecule has 0 aromatic rings. The first-order valence-corrected chi connectivity index (χ1v) is 4.43. The summed E-state index contributed by atoms with van der Waals surface area (Å²) in [7, 11) is 1.17. The third-order valence-corrected chi connectivity index (χ3v) is 1.80. The van der Waals surface area contributed by atoms with Crippen LogP contribution in [0.3, 0.4) is 0 Å². The van der Waals surface area contributed by atoms with Crippen molar-refractivity contribution in [2.45, 2.75) is 31.8 Å². The highest BCUT2D eigenvalue weighted by Crippen LogP contribution is 2.11. The summed E-state index contributed by atoms with van der Waals surface area (Å²) in [5, 5.41) is 0. The maximum Gasteiger partial charge on any atom is 0.333 e. The predicted octanol–water partition coefficient (Wildman–Crippen LogP) is 0.368. The molecule has 2 unspecified atom stereocenters. The zero-order valence-electron chi connectivity index (χ0n) is 8.60. The van der Waals surface area contributed by atoms with E-state index in [2.05, 4.69) is 14.7 Å². The molecule has 15 heavy (non-hydrogen) atoms. The Balaban J connectivity index is 4.89. The average molecular weight is 212 g/mol. The van der Waals surface area contributed by atoms with Gasteiger partial charge in [-0.3, -0.25) is 0 Å². The quantitative estimate of drug-likeness (QED) is 0.361. The van der Waals surface area contributed by atoms with Gasteiger partial charge in [0.1, 0.15) is 0 Å². The lowest BCUT2D eigenvalue weighted by Crippen LogP contribution is -2.32. The maximum atomic E-state index is 11.2. The molecule has 0 amide bonds. The van der Waals surface area contributed by atoms with Crippen molar-refractivity contribution in [3.63, 3.8) is 0 Å². The van der Waals surface area contributed by atoms with Gasteiger partial charge < -0.3 is 4.74 Å². The van der Waals surface area contributed by atoms with Crippen LogP contribution in [0.1, 0.15) is 19.8 Å². The van der Waals surface area contributed by atoms with Crippen molar-refractivity contribution < 1.29 is 19.1 Å². The molecule has 6 nitrogen and oxygen atoms in total. The molecule has 0 aromatic heterocycles. The fraction of sp³-hybridized carbons (Fsp3) is 0.667. The van der Waals surface area contributed by atoms with Gasteiger partial charge in [-0.05, 0) is 6.42 Å². The van der Waals surface area contributed by atoms with Crippen LogP contribution >= 0.6 is 0 Å². The molecule has 0 spiro atoms. The first-order chi connectivity index (χ1) is 7.21. The molecule has 6 heteroatoms. The summed E-state index contributed by atoms with van der Waals surface area (Å²) in [6, 6.07) is -1.81. The molecule has 82 valence electrons. The Bertz CT molecular complexity index is 303. The highest BCUT2D eigenvalue weighted by Gasteiger charge is 2.28. The van der Waals surface area contributed by atoms with Crippen LogP contribution in [-0.4, -0.2) is 37.3 Å². The van der Waals surface area contributed by atoms with Crippen LogP contribution in [0.5, 0.6) is 0 Å². The zero-order valence-corrected chi connectivity index (χ0v) is 8.60. The first-order valence-electron chi connectivity index (χ1n) is 4.43. The van der Waals surface area contributed by atoms with Crippen molar-refractivity contribution in [1.29, 1.82) is 0 Å². The van der Waals surface area contributed by atoms with Gasteiger partial charge in [0.2, 0.25) is 12.2 Å². The van der Waals surface area contributed by atoms with Crippen molar-refractivity contribution >= 4 is 18.1 Å². The molecule has 0 aliphatic carbocycles. The van der Waals surface area contributed by atoms with Crippen LogP contribution in [0.4, 0.5) is 0 Å². The van der Waals surface area contributed by atoms with Crippen molar-refractivity contribution in [3.05, 3.63) is 0 Å². The first kappa shape index (κ1) is 13.2. The molecule has 0 saturated heterocycles. The van der Waals surface area contributed by atoms with E-state index in [4.69, 9.17) is 0 Å². The van der Waals surface area contributed by atoms with Gasteiger partial charge in [-0.2, -0.15) is 9.98 Å². The summed E-state index contributed by atoms with van der Waals surface area (Å²) in [6.45, 7) is 1.85. The highest BCUT2D eigenvalue weighted by atomic mass is 16.5. The van der Waals surface area contributed by atoms with Gasteiger partial charge >= 0.3 is 5.97 Å². The van der Waals surface area contributed by atoms with E-state index in [0.29, 0.717) is 12.8 Å². The van der Waals surface area contributed by atoms with Crippen LogP contribution in [-0.2, 0) is 19.1 Å². The van der Waals surface area contributed by atoms with Gasteiger partial charge in [-0.1, -0.05) is 13.3 Å². The molecule has 0 aliphatic rings. The number of rotatable bonds is 6. The van der Waals surface area contributed by atoms with Crippen molar-refractivity contribution in [2.75, 3.05) is 7.11 Å². The number of aliphatic imine (C=N–C) groups is 2. The topological polar surface area (TPSA) is 85.2 Å². The molecule has 0 radical (unpaired) electrons. The lowest BCUT2D eigenvalue weighted by molar-refractivity contribution is -0.142. The minimum atomic E-state index is -1.10. The Labute approximate surface area is 87.0 Å². The Hall–Kier alpha value is -1.77. The molecule has 0 aliphatic heterocycles. The fourth-order valence-corrected chi connectivity index (χ4v) is 1.13. The van der Waals surface area contributed by atoms with Gasteiger partial charge in [0, 0.05) is 0 Å². The number of carbonyl (C=O) groups is 1. The van der Waals surface area contributed by atoms with Crippen LogP contribution in [0.15, 0.2) is 9.98 Å². The summed E-state index contributed by atoms with van der Waals surface area (Å²) in [5.41, 5.74) is 0. The number of hydrogen-bond acceptors (Lipinski definition) is 6. The minimum absolute atomic E-state index is 0.445. The van der Waals surface area contributed by atoms with Crippen molar-refractivity contribution in [2.24, 2.45) is 9.98 Å². The second kappa shape index (κ2) is 7.62. The molecular weight excluding hydrogens is 200 g/mol. The van der Waals surface area contributed by atoms with E-state index in [9.17, 15) is 14.4 Å². The number of carbonyl (C=O) groups excluding carboxylic acids is 3. The lowest BCUT2D eigenvalue weighted by Gasteiger charge is -2.14. The normalized spacial score (nSPS) is 12.9. The smallest absolute Gasteiger partial charge is 0.333 e. The van der Waals surface area contributed by atoms with E-state index in [-0.39, 0.29) is 0 Å². The number of ether oxygens (including phenoxy) is 1. The summed E-state index contributed by atoms with van der Waals surface area (Å²) < 4.78 is 4.44. The lowest BCUT2D eigenvalue weighted by atomic mass is 10.0. The zero-order chi connectivity index (χ0) is 11.7. The van der Waals surface area contributed by atoms with E-state index in [1.54, 1.807) is 0 Å². The summed E-state index contributed by atoms with van der Waals surface area (Å²) >= 11 is 0. The molecule has 0 bridgehead atoms. The van der Waals surface area contributed by atoms with Gasteiger partial charge in [0.05, 0.1) is 13.2 Å². The Morgan fingerprint density at radius 3 is 2.33 bits per heavy atom. The van der Waals surface area contributed by atoms with Crippen LogP contribution in [0.2, 0.25) is 0 Å². The third-order valence-electron chi connectivity index (χ3n) is 1.80. The Morgan fingerprint density at radius 2 is 1.93 bits per heavy atom. The van der Waals surface area contributed by atoms with Crippen LogP contribution in [0.25, 0.3) is 0 Å². The molecular formula is C9H12N2O4. The molecule has 0 fully saturated rings. The second-order valence-corrected chi connectivity index (χ2v) is 2.76. The Morgan fingerprint density at radius 1 is 1.33 bits per heavy atom. The molecule has 0 aromatic carbocycles. The highest BCUT2D eigenvalue weighted by molar-refractivity contribution is 5.78. The third kappa shape index (κ3) is 4.31. The SMILES string of the molecule is CCCC(N=C=O)C(N=C=O)C(=O)OC. The number of hydrogen-bond donors (Lipinski definition) is 0. The summed E-state index contributed by atoms with van der Waals surface area (Å²) in [5.74, 6) is -0.712. The van der Waals surface area contributed by atoms with E-state index in [0.717, 1.165) is 0 Å². The monoisotopic (exact) mass is 212 g/mol. The number of isocyanates is 2. The van der Waals surface area contributed by atoms with Crippen LogP contribution < -0.4 is 0 Å². The second-order valence-electron chi connectivity index (χ2n) is 2.76. The molecule has 0 heterocycles. The number of nitrogens with zero attached hydrogens (tertiary/aromatic N) is 2. The Kier molecular flexibility index (Phi) is 6.72. The fourth-order valence-electron chi connectivity index (χ4n) is 1.13. The molecule has 0 N–H and O–H groups in total. The van der Waals surface area contributed by atoms with E-state index < -0.39 is 18.1 Å². The van der Waals surface area contributed by atoms with Gasteiger partial charge in [0.15, 0.2) is 6.04 Å². The standard InChI is InChI=1S/C9H12N2O4/c1-3-4-7(10-5-12)8(11-6-13)9(14)15-2/h7-8H,3-4H2,1-2H3. The van der Waals surface area contributed by atoms with Gasteiger partial charge in [-0.25, -0.2) is 14.4 Å². The summed E-state index contributed by atoms with van der Waals surface area (Å²) in [4.78, 5) is 38.1. The predicted molar refractivity (Wildman–Crippen MR) is 50.7 cm³/mol. The van der Waals surface area contributed by atoms with Crippen LogP contribution in [0, 0.1) is 0 Å². The summed E-state index contributed by atoms with van der Waals surface area (Å²) in [6.07, 6.45) is 3.75. The van der Waals surface area contributed by atoms with Crippen molar-refractivity contribution in [1.82, 2.24) is 0 Å². The van der Waals surface area contributed by atoms with Gasteiger partial charge in [-0.15, -0.1) is 0 Å². The van der Waals surface area contributed by atoms with E-state index >= 15 is 0 Å². The number of methoxy groups -OCH3 is 1. The maximum absolute atomic E-state index is 11.2. The molecule has 0 rings (SSSR count). The number of esters is 1. The molecule has 2 atom stereocenters. The van der Waals surface area contributed by atoms with Crippen molar-refractivity contribution in [3.8, 4) is 0 Å². The largest absolute Gasteiger partial charge is 0.467 e. The molecule has 0 saturated carbocycles.